The van der Waals surface area contributed by atoms with Crippen LogP contribution in [0, 0.1) is 24.7 Å². The highest BCUT2D eigenvalue weighted by Gasteiger charge is 2.53. The van der Waals surface area contributed by atoms with Gasteiger partial charge in [0, 0.05) is 22.5 Å². The number of aromatic nitrogens is 2. The topological polar surface area (TPSA) is 29.9 Å². The second-order valence-corrected chi connectivity index (χ2v) is 10.5. The molecule has 0 atom stereocenters. The van der Waals surface area contributed by atoms with Crippen molar-refractivity contribution in [3.8, 4) is 5.69 Å². The quantitative estimate of drug-likeness (QED) is 0.670. The third-order valence-corrected chi connectivity index (χ3v) is 8.30. The predicted octanol–water partition coefficient (Wildman–Crippen LogP) is 6.05. The third-order valence-electron chi connectivity index (χ3n) is 8.07. The van der Waals surface area contributed by atoms with Crippen molar-refractivity contribution in [3.05, 3.63) is 40.0 Å². The van der Waals surface area contributed by atoms with Gasteiger partial charge in [0.15, 0.2) is 0 Å². The molecule has 4 fully saturated rings. The molecule has 0 spiro atoms. The second kappa shape index (κ2) is 6.26. The molecule has 3 nitrogen and oxygen atoms in total. The zero-order chi connectivity index (χ0) is 18.9. The number of hydrogen-bond donors (Lipinski definition) is 1. The molecule has 1 aromatic carbocycles. The molecular formula is C24H30ClN3. The molecule has 0 radical (unpaired) electrons. The lowest BCUT2D eigenvalue weighted by molar-refractivity contribution is -0.00773. The molecule has 4 saturated carbocycles. The summed E-state index contributed by atoms with van der Waals surface area (Å²) in [5, 5.41) is 9.93. The Bertz CT molecular complexity index is 893. The molecule has 0 unspecified atom stereocenters. The van der Waals surface area contributed by atoms with Gasteiger partial charge in [0.1, 0.15) is 5.82 Å². The van der Waals surface area contributed by atoms with E-state index in [0.717, 1.165) is 35.0 Å². The number of halogens is 1. The SMILES string of the molecule is Cc1ccc(Cl)cc1-n1nc(C23CC4CC(CC(C4)C2)C3)c2c1NCCCC2. The van der Waals surface area contributed by atoms with Crippen LogP contribution in [-0.2, 0) is 11.8 Å². The third kappa shape index (κ3) is 2.58. The number of nitrogens with zero attached hydrogens (tertiary/aromatic N) is 2. The number of anilines is 1. The molecule has 0 saturated heterocycles. The maximum atomic E-state index is 6.38. The Kier molecular flexibility index (Phi) is 3.88. The van der Waals surface area contributed by atoms with Crippen LogP contribution < -0.4 is 5.32 Å². The fourth-order valence-corrected chi connectivity index (χ4v) is 7.48. The monoisotopic (exact) mass is 395 g/mol. The number of aryl methyl sites for hydroxylation is 1. The average molecular weight is 396 g/mol. The highest BCUT2D eigenvalue weighted by Crippen LogP contribution is 2.61. The minimum absolute atomic E-state index is 0.336. The summed E-state index contributed by atoms with van der Waals surface area (Å²) in [5.74, 6) is 4.07. The van der Waals surface area contributed by atoms with Crippen LogP contribution in [-0.4, -0.2) is 16.3 Å². The number of benzene rings is 1. The first kappa shape index (κ1) is 17.4. The highest BCUT2D eigenvalue weighted by molar-refractivity contribution is 6.30. The summed E-state index contributed by atoms with van der Waals surface area (Å²) < 4.78 is 2.20. The fraction of sp³-hybridized carbons (Fsp3) is 0.625. The standard InChI is InChI=1S/C24H30ClN3/c1-15-5-6-19(25)11-21(15)28-23-20(4-2-3-7-26-23)22(27-28)24-12-16-8-17(13-24)10-18(9-16)14-24/h5-6,11,16-18,26H,2-4,7-10,12-14H2,1H3. The van der Waals surface area contributed by atoms with Gasteiger partial charge < -0.3 is 5.32 Å². The van der Waals surface area contributed by atoms with E-state index in [9.17, 15) is 0 Å². The zero-order valence-corrected chi connectivity index (χ0v) is 17.6. The minimum atomic E-state index is 0.336. The van der Waals surface area contributed by atoms with Crippen LogP contribution in [0.1, 0.15) is 68.2 Å². The Morgan fingerprint density at radius 3 is 2.50 bits per heavy atom. The van der Waals surface area contributed by atoms with E-state index in [0.29, 0.717) is 5.41 Å². The summed E-state index contributed by atoms with van der Waals surface area (Å²) in [6.07, 6.45) is 12.2. The summed E-state index contributed by atoms with van der Waals surface area (Å²) in [5.41, 5.74) is 5.66. The molecule has 148 valence electrons. The molecule has 1 aromatic heterocycles. The first-order valence-corrected chi connectivity index (χ1v) is 11.6. The van der Waals surface area contributed by atoms with Crippen molar-refractivity contribution in [2.75, 3.05) is 11.9 Å². The Balaban J connectivity index is 1.53. The number of hydrogen-bond acceptors (Lipinski definition) is 2. The molecular weight excluding hydrogens is 366 g/mol. The first-order valence-electron chi connectivity index (χ1n) is 11.2. The van der Waals surface area contributed by atoms with Gasteiger partial charge in [0.05, 0.1) is 11.4 Å². The van der Waals surface area contributed by atoms with Crippen molar-refractivity contribution in [2.24, 2.45) is 17.8 Å². The van der Waals surface area contributed by atoms with Crippen molar-refractivity contribution in [1.82, 2.24) is 9.78 Å². The number of fused-ring (bicyclic) bond motifs is 1. The first-order chi connectivity index (χ1) is 13.6. The normalized spacial score (nSPS) is 33.4. The van der Waals surface area contributed by atoms with Crippen molar-refractivity contribution < 1.29 is 0 Å². The van der Waals surface area contributed by atoms with E-state index in [1.54, 1.807) is 0 Å². The Hall–Kier alpha value is -1.48. The smallest absolute Gasteiger partial charge is 0.133 e. The van der Waals surface area contributed by atoms with Crippen LogP contribution in [0.5, 0.6) is 0 Å². The molecule has 28 heavy (non-hydrogen) atoms. The van der Waals surface area contributed by atoms with Crippen LogP contribution in [0.4, 0.5) is 5.82 Å². The van der Waals surface area contributed by atoms with Crippen molar-refractivity contribution >= 4 is 17.4 Å². The van der Waals surface area contributed by atoms with E-state index in [2.05, 4.69) is 29.1 Å². The molecule has 7 rings (SSSR count). The van der Waals surface area contributed by atoms with Gasteiger partial charge in [-0.05, 0) is 100 Å². The van der Waals surface area contributed by atoms with Gasteiger partial charge in [-0.15, -0.1) is 0 Å². The van der Waals surface area contributed by atoms with Crippen LogP contribution in [0.25, 0.3) is 5.69 Å². The molecule has 0 amide bonds. The van der Waals surface area contributed by atoms with Gasteiger partial charge in [-0.1, -0.05) is 17.7 Å². The molecule has 2 heterocycles. The summed E-state index contributed by atoms with van der Waals surface area (Å²) in [4.78, 5) is 0. The maximum Gasteiger partial charge on any atom is 0.133 e. The van der Waals surface area contributed by atoms with Crippen molar-refractivity contribution in [1.29, 1.82) is 0 Å². The largest absolute Gasteiger partial charge is 0.370 e. The van der Waals surface area contributed by atoms with E-state index in [1.807, 2.05) is 6.07 Å². The Morgan fingerprint density at radius 2 is 1.79 bits per heavy atom. The average Bonchev–Trinajstić information content (AvgIpc) is 2.85. The molecule has 1 aliphatic heterocycles. The van der Waals surface area contributed by atoms with Gasteiger partial charge in [0.25, 0.3) is 0 Å². The molecule has 5 aliphatic rings. The fourth-order valence-electron chi connectivity index (χ4n) is 7.31. The summed E-state index contributed by atoms with van der Waals surface area (Å²) in [7, 11) is 0. The summed E-state index contributed by atoms with van der Waals surface area (Å²) >= 11 is 6.38. The predicted molar refractivity (Wildman–Crippen MR) is 115 cm³/mol. The van der Waals surface area contributed by atoms with Crippen LogP contribution >= 0.6 is 11.6 Å². The molecule has 4 bridgehead atoms. The highest BCUT2D eigenvalue weighted by atomic mass is 35.5. The van der Waals surface area contributed by atoms with Crippen LogP contribution in [0.2, 0.25) is 5.02 Å². The van der Waals surface area contributed by atoms with E-state index in [1.165, 1.54) is 80.4 Å². The van der Waals surface area contributed by atoms with Gasteiger partial charge >= 0.3 is 0 Å². The van der Waals surface area contributed by atoms with Crippen LogP contribution in [0.3, 0.4) is 0 Å². The maximum absolute atomic E-state index is 6.38. The molecule has 2 aromatic rings. The lowest BCUT2D eigenvalue weighted by Gasteiger charge is -2.56. The second-order valence-electron chi connectivity index (χ2n) is 10.1. The molecule has 4 aliphatic carbocycles. The Labute approximate surface area is 172 Å². The number of rotatable bonds is 2. The van der Waals surface area contributed by atoms with Crippen molar-refractivity contribution in [2.45, 2.75) is 70.1 Å². The summed E-state index contributed by atoms with van der Waals surface area (Å²) in [6.45, 7) is 3.21. The number of nitrogens with one attached hydrogen (secondary N) is 1. The van der Waals surface area contributed by atoms with E-state index >= 15 is 0 Å². The molecule has 1 N–H and O–H groups in total. The van der Waals surface area contributed by atoms with E-state index < -0.39 is 0 Å². The van der Waals surface area contributed by atoms with Gasteiger partial charge in [-0.25, -0.2) is 4.68 Å². The van der Waals surface area contributed by atoms with Gasteiger partial charge in [-0.3, -0.25) is 0 Å². The van der Waals surface area contributed by atoms with Gasteiger partial charge in [0.2, 0.25) is 0 Å². The minimum Gasteiger partial charge on any atom is -0.370 e. The van der Waals surface area contributed by atoms with E-state index in [4.69, 9.17) is 16.7 Å². The van der Waals surface area contributed by atoms with Crippen LogP contribution in [0.15, 0.2) is 18.2 Å². The van der Waals surface area contributed by atoms with Crippen molar-refractivity contribution in [3.63, 3.8) is 0 Å². The lowest BCUT2D eigenvalue weighted by atomic mass is 9.48. The lowest BCUT2D eigenvalue weighted by Crippen LogP contribution is -2.49. The molecule has 4 heteroatoms. The van der Waals surface area contributed by atoms with Gasteiger partial charge in [-0.2, -0.15) is 5.10 Å². The Morgan fingerprint density at radius 1 is 1.07 bits per heavy atom. The van der Waals surface area contributed by atoms with E-state index in [-0.39, 0.29) is 0 Å². The zero-order valence-electron chi connectivity index (χ0n) is 16.8. The summed E-state index contributed by atoms with van der Waals surface area (Å²) in [6, 6.07) is 6.18.